The summed E-state index contributed by atoms with van der Waals surface area (Å²) >= 11 is 3.44. The number of halogens is 1. The van der Waals surface area contributed by atoms with Gasteiger partial charge >= 0.3 is 0 Å². The monoisotopic (exact) mass is 538 g/mol. The maximum Gasteiger partial charge on any atom is 0.240 e. The zero-order valence-electron chi connectivity index (χ0n) is 20.3. The number of carbonyl (C=O) groups excluding carboxylic acids is 1. The topological polar surface area (TPSA) is 69.2 Å². The van der Waals surface area contributed by atoms with E-state index < -0.39 is 0 Å². The average Bonchev–Trinajstić information content (AvgIpc) is 2.85. The highest BCUT2D eigenvalue weighted by Crippen LogP contribution is 2.29. The zero-order chi connectivity index (χ0) is 25.0. The number of aryl methyl sites for hydroxylation is 2. The normalized spacial score (nSPS) is 10.9. The molecule has 0 saturated carbocycles. The molecule has 0 spiro atoms. The molecule has 0 atom stereocenters. The van der Waals surface area contributed by atoms with Crippen molar-refractivity contribution in [3.05, 3.63) is 87.4 Å². The fourth-order valence-corrected chi connectivity index (χ4v) is 3.75. The lowest BCUT2D eigenvalue weighted by Crippen LogP contribution is -2.17. The van der Waals surface area contributed by atoms with Crippen molar-refractivity contribution in [2.24, 2.45) is 5.10 Å². The van der Waals surface area contributed by atoms with E-state index in [1.165, 1.54) is 5.56 Å². The van der Waals surface area contributed by atoms with E-state index in [1.54, 1.807) is 13.3 Å². The molecule has 0 aliphatic rings. The maximum atomic E-state index is 12.2. The van der Waals surface area contributed by atoms with E-state index >= 15 is 0 Å². The lowest BCUT2D eigenvalue weighted by molar-refractivity contribution is -0.121. The first-order chi connectivity index (χ1) is 17.0. The molecule has 0 radical (unpaired) electrons. The first-order valence-corrected chi connectivity index (χ1v) is 12.4. The summed E-state index contributed by atoms with van der Waals surface area (Å²) in [4.78, 5) is 12.2. The van der Waals surface area contributed by atoms with Crippen LogP contribution in [0.25, 0.3) is 0 Å². The molecule has 7 heteroatoms. The van der Waals surface area contributed by atoms with Crippen molar-refractivity contribution >= 4 is 28.1 Å². The first kappa shape index (κ1) is 26.3. The van der Waals surface area contributed by atoms with Crippen LogP contribution in [0.1, 0.15) is 42.0 Å². The minimum atomic E-state index is -0.119. The highest BCUT2D eigenvalue weighted by Gasteiger charge is 2.07. The van der Waals surface area contributed by atoms with Crippen LogP contribution in [0, 0.1) is 6.92 Å². The van der Waals surface area contributed by atoms with Crippen LogP contribution in [0.5, 0.6) is 17.2 Å². The summed E-state index contributed by atoms with van der Waals surface area (Å²) in [6.07, 6.45) is 3.57. The van der Waals surface area contributed by atoms with E-state index in [4.69, 9.17) is 14.2 Å². The smallest absolute Gasteiger partial charge is 0.240 e. The number of hydrazone groups is 1. The number of methoxy groups -OCH3 is 1. The van der Waals surface area contributed by atoms with Crippen molar-refractivity contribution in [3.8, 4) is 17.2 Å². The summed E-state index contributed by atoms with van der Waals surface area (Å²) in [6, 6.07) is 19.6. The number of benzene rings is 3. The summed E-state index contributed by atoms with van der Waals surface area (Å²) in [5.74, 6) is 2.02. The number of hydrogen-bond acceptors (Lipinski definition) is 5. The molecule has 0 aromatic heterocycles. The molecule has 3 rings (SSSR count). The van der Waals surface area contributed by atoms with Crippen molar-refractivity contribution in [1.29, 1.82) is 0 Å². The Morgan fingerprint density at radius 1 is 1.03 bits per heavy atom. The number of ether oxygens (including phenoxy) is 3. The summed E-state index contributed by atoms with van der Waals surface area (Å²) in [7, 11) is 1.66. The standard InChI is InChI=1S/C28H31BrN2O4/c1-4-34-27-17-22(10-15-26(27)35-19-21-8-12-24(29)13-9-21)18-30-31-28(32)7-5-6-23-11-14-25(33-3)16-20(23)2/h8-18H,4-7,19H2,1-3H3,(H,31,32)/b30-18-. The minimum Gasteiger partial charge on any atom is -0.497 e. The van der Waals surface area contributed by atoms with Crippen molar-refractivity contribution in [1.82, 2.24) is 5.43 Å². The molecule has 0 saturated heterocycles. The number of amides is 1. The van der Waals surface area contributed by atoms with Crippen molar-refractivity contribution in [2.45, 2.75) is 39.7 Å². The van der Waals surface area contributed by atoms with Crippen LogP contribution in [0.15, 0.2) is 70.2 Å². The Morgan fingerprint density at radius 2 is 1.83 bits per heavy atom. The number of nitrogens with zero attached hydrogens (tertiary/aromatic N) is 1. The van der Waals surface area contributed by atoms with Crippen LogP contribution in [-0.2, 0) is 17.8 Å². The van der Waals surface area contributed by atoms with Gasteiger partial charge in [-0.25, -0.2) is 5.43 Å². The van der Waals surface area contributed by atoms with Crippen LogP contribution < -0.4 is 19.6 Å². The van der Waals surface area contributed by atoms with Gasteiger partial charge in [0.1, 0.15) is 12.4 Å². The molecule has 0 unspecified atom stereocenters. The molecule has 3 aromatic carbocycles. The maximum absolute atomic E-state index is 12.2. The lowest BCUT2D eigenvalue weighted by Gasteiger charge is -2.12. The molecule has 35 heavy (non-hydrogen) atoms. The Bertz CT molecular complexity index is 1150. The molecule has 0 aliphatic heterocycles. The van der Waals surface area contributed by atoms with Crippen molar-refractivity contribution in [3.63, 3.8) is 0 Å². The van der Waals surface area contributed by atoms with Gasteiger partial charge in [-0.15, -0.1) is 0 Å². The van der Waals surface area contributed by atoms with Gasteiger partial charge in [-0.2, -0.15) is 5.10 Å². The fourth-order valence-electron chi connectivity index (χ4n) is 3.48. The minimum absolute atomic E-state index is 0.119. The van der Waals surface area contributed by atoms with Crippen LogP contribution in [0.4, 0.5) is 0 Å². The predicted octanol–water partition coefficient (Wildman–Crippen LogP) is 6.22. The van der Waals surface area contributed by atoms with E-state index in [9.17, 15) is 4.79 Å². The van der Waals surface area contributed by atoms with Gasteiger partial charge in [0, 0.05) is 10.9 Å². The third-order valence-electron chi connectivity index (χ3n) is 5.38. The molecule has 6 nitrogen and oxygen atoms in total. The largest absolute Gasteiger partial charge is 0.497 e. The van der Waals surface area contributed by atoms with E-state index in [0.717, 1.165) is 39.8 Å². The van der Waals surface area contributed by atoms with Gasteiger partial charge in [-0.1, -0.05) is 34.1 Å². The molecule has 0 aliphatic carbocycles. The Labute approximate surface area is 215 Å². The van der Waals surface area contributed by atoms with Gasteiger partial charge in [0.25, 0.3) is 0 Å². The molecule has 0 heterocycles. The van der Waals surface area contributed by atoms with Crippen molar-refractivity contribution in [2.75, 3.05) is 13.7 Å². The van der Waals surface area contributed by atoms with Gasteiger partial charge in [-0.05, 0) is 91.4 Å². The third-order valence-corrected chi connectivity index (χ3v) is 5.91. The summed E-state index contributed by atoms with van der Waals surface area (Å²) < 4.78 is 18.0. The lowest BCUT2D eigenvalue weighted by atomic mass is 10.0. The Kier molecular flexibility index (Phi) is 10.2. The second kappa shape index (κ2) is 13.5. The highest BCUT2D eigenvalue weighted by molar-refractivity contribution is 9.10. The van der Waals surface area contributed by atoms with Gasteiger partial charge in [-0.3, -0.25) is 4.79 Å². The zero-order valence-corrected chi connectivity index (χ0v) is 21.9. The molecular formula is C28H31BrN2O4. The Hall–Kier alpha value is -3.32. The van der Waals surface area contributed by atoms with Gasteiger partial charge in [0.2, 0.25) is 5.91 Å². The van der Waals surface area contributed by atoms with Gasteiger partial charge < -0.3 is 14.2 Å². The van der Waals surface area contributed by atoms with E-state index in [2.05, 4.69) is 33.4 Å². The summed E-state index contributed by atoms with van der Waals surface area (Å²) in [5.41, 5.74) is 6.85. The number of rotatable bonds is 12. The van der Waals surface area contributed by atoms with E-state index in [-0.39, 0.29) is 5.91 Å². The second-order valence-corrected chi connectivity index (χ2v) is 8.91. The van der Waals surface area contributed by atoms with Crippen LogP contribution in [0.2, 0.25) is 0 Å². The SMILES string of the molecule is CCOc1cc(/C=N\NC(=O)CCCc2ccc(OC)cc2C)ccc1OCc1ccc(Br)cc1. The Morgan fingerprint density at radius 3 is 2.54 bits per heavy atom. The number of hydrogen-bond donors (Lipinski definition) is 1. The molecule has 1 amide bonds. The molecule has 0 bridgehead atoms. The van der Waals surface area contributed by atoms with E-state index in [0.29, 0.717) is 31.1 Å². The molecule has 1 N–H and O–H groups in total. The van der Waals surface area contributed by atoms with Crippen LogP contribution >= 0.6 is 15.9 Å². The fraction of sp³-hybridized carbons (Fsp3) is 0.286. The van der Waals surface area contributed by atoms with Gasteiger partial charge in [0.05, 0.1) is 19.9 Å². The first-order valence-electron chi connectivity index (χ1n) is 11.6. The predicted molar refractivity (Wildman–Crippen MR) is 142 cm³/mol. The molecule has 0 fully saturated rings. The highest BCUT2D eigenvalue weighted by atomic mass is 79.9. The Balaban J connectivity index is 1.49. The quantitative estimate of drug-likeness (QED) is 0.219. The van der Waals surface area contributed by atoms with Crippen molar-refractivity contribution < 1.29 is 19.0 Å². The van der Waals surface area contributed by atoms with Crippen LogP contribution in [0.3, 0.4) is 0 Å². The van der Waals surface area contributed by atoms with Gasteiger partial charge in [0.15, 0.2) is 11.5 Å². The molecular weight excluding hydrogens is 508 g/mol. The number of carbonyl (C=O) groups is 1. The van der Waals surface area contributed by atoms with Crippen LogP contribution in [-0.4, -0.2) is 25.8 Å². The average molecular weight is 539 g/mol. The number of nitrogens with one attached hydrogen (secondary N) is 1. The summed E-state index contributed by atoms with van der Waals surface area (Å²) in [6.45, 7) is 4.93. The molecule has 184 valence electrons. The summed E-state index contributed by atoms with van der Waals surface area (Å²) in [5, 5.41) is 4.10. The second-order valence-electron chi connectivity index (χ2n) is 7.99. The third kappa shape index (κ3) is 8.44. The van der Waals surface area contributed by atoms with E-state index in [1.807, 2.05) is 67.6 Å². The molecule has 3 aromatic rings.